The number of aliphatic hydroxyl groups excluding tert-OH is 3. The quantitative estimate of drug-likeness (QED) is 0.0127. The Hall–Kier alpha value is -9.86. The first kappa shape index (κ1) is 102. The summed E-state index contributed by atoms with van der Waals surface area (Å²) in [6.07, 6.45) is 2.84. The number of benzene rings is 7. The molecule has 9 aromatic rings. The molecule has 0 radical (unpaired) electrons. The number of nitrogens with one attached hydrogen (secondary N) is 2. The van der Waals surface area contributed by atoms with Crippen LogP contribution in [0.4, 0.5) is 11.6 Å². The molecule has 22 nitrogen and oxygen atoms in total. The monoisotopic (exact) mass is 1890 g/mol. The number of nitrogens with two attached hydrogens (primary N) is 1. The molecule has 0 bridgehead atoms. The van der Waals surface area contributed by atoms with Crippen molar-refractivity contribution in [1.82, 2.24) is 24.2 Å². The molecule has 2 aliphatic rings. The number of rotatable bonds is 26. The van der Waals surface area contributed by atoms with Crippen LogP contribution in [0.2, 0.25) is 0 Å². The SMILES string of the molecule is C#CC#CC#CC#CC#CC#CC#CC#CC#CC#CC#C.COC(=O)[C@H](C)NP(=O)(Oc1ccccc1)O[C@H](C)[C@H]1O[C@@H](n2ccc(N)nc2=O)[C@@H](O)[C@@H]1O.COc1ccc(C(Nc2ccn([C@@H]3O[C@H]([C@@H](C)O)[C@@H](C)[C@@H]3OC(c3ccccc3)(c3ccccc3)c3ccc(OC)cc3)c(=O)n2)(c2ccccc2)c2ccccc2)cc1.PP(P)P(P(P)P)P(P)P. The van der Waals surface area contributed by atoms with E-state index < -0.39 is 97.5 Å². The van der Waals surface area contributed by atoms with Crippen molar-refractivity contribution in [2.45, 2.75) is 100 Å². The van der Waals surface area contributed by atoms with E-state index in [9.17, 15) is 34.3 Å². The summed E-state index contributed by atoms with van der Waals surface area (Å²) in [5.74, 6) is 49.1. The molecule has 0 amide bonds. The number of carbonyl (C=O) groups excluding carboxylic acids is 1. The third-order valence-electron chi connectivity index (χ3n) is 18.5. The van der Waals surface area contributed by atoms with Gasteiger partial charge >= 0.3 is 25.1 Å². The van der Waals surface area contributed by atoms with Crippen LogP contribution in [0.25, 0.3) is 0 Å². The molecule has 18 atom stereocenters. The van der Waals surface area contributed by atoms with Crippen LogP contribution in [0.3, 0.4) is 0 Å². The summed E-state index contributed by atoms with van der Waals surface area (Å²) in [7, 11) is 17.9. The van der Waals surface area contributed by atoms with Crippen LogP contribution < -0.4 is 41.5 Å². The maximum Gasteiger partial charge on any atom is 0.459 e. The zero-order valence-electron chi connectivity index (χ0n) is 69.2. The smallest absolute Gasteiger partial charge is 0.459 e. The van der Waals surface area contributed by atoms with E-state index in [-0.39, 0.29) is 45.4 Å². The zero-order chi connectivity index (χ0) is 91.2. The number of hydrogen-bond acceptors (Lipinski definition) is 19. The molecule has 642 valence electrons. The van der Waals surface area contributed by atoms with Crippen LogP contribution in [0, 0.1) is 137 Å². The van der Waals surface area contributed by atoms with E-state index in [4.69, 9.17) is 56.3 Å². The molecule has 7 N–H and O–H groups in total. The predicted octanol–water partition coefficient (Wildman–Crippen LogP) is 14.8. The molecule has 126 heavy (non-hydrogen) atoms. The summed E-state index contributed by atoms with van der Waals surface area (Å²) in [6.45, 7) is 7.15. The van der Waals surface area contributed by atoms with Crippen LogP contribution in [-0.4, -0.2) is 110 Å². The number of carbonyl (C=O) groups is 1. The second-order valence-corrected chi connectivity index (χ2v) is 65.0. The molecule has 2 saturated heterocycles. The lowest BCUT2D eigenvalue weighted by molar-refractivity contribution is -0.142. The number of aliphatic hydroxyl groups is 3. The van der Waals surface area contributed by atoms with Crippen LogP contribution in [0.1, 0.15) is 73.5 Å². The standard InChI is InChI=1S/C51H49N3O6.C22H2.C20H27N4O9P.H12P10/c1-35-46(36(2)55)59-48(47(35)60-51(40-21-13-7-14-22-40,41-23-15-8-16-24-41)42-27-31-44(58-4)32-28-42)54-34-33-45(52-49(54)56)53-50(37-17-9-5-10-18-37,38-19-11-6-12-20-38)39-25-29-43(57-3)30-26-39;1-3-5-7-9-11-13-15-17-19-21-22-20-18-16-14-12-10-8-6-4-2;1-11(19(27)30-3)23-34(29,33-13-7-5-4-6-8-13)32-12(2)17-15(25)16(26)18(31-17)24-10-9-14(21)22-20(24)28;1-7(2)10(8(3)4)9(5)6/h5-36,46-48,55H,1-4H3,(H,52,53,56);1-2H;4-12,15-18,25-26H,1-3H3,(H,23,29)(H2,21,22,28);1-6H2/t35-,36-,46+,47+,48-;;11-,12+,15-,16-,17+,18+,34?;/m1.0./s1. The van der Waals surface area contributed by atoms with Crippen molar-refractivity contribution in [2.24, 2.45) is 5.92 Å². The first-order valence-electron chi connectivity index (χ1n) is 38.0. The number of para-hydroxylation sites is 1. The summed E-state index contributed by atoms with van der Waals surface area (Å²) >= 11 is 0. The molecule has 2 aliphatic heterocycles. The van der Waals surface area contributed by atoms with E-state index in [1.165, 1.54) is 49.9 Å². The van der Waals surface area contributed by atoms with Crippen LogP contribution >= 0.6 is 89.3 Å². The van der Waals surface area contributed by atoms with Gasteiger partial charge in [0.2, 0.25) is 0 Å². The second kappa shape index (κ2) is 51.8. The Balaban J connectivity index is 0.000000249. The molecular formula is C93H90N7O15P11. The molecule has 4 heterocycles. The summed E-state index contributed by atoms with van der Waals surface area (Å²) in [5.41, 5.74) is 7.47. The van der Waals surface area contributed by atoms with E-state index in [2.05, 4.69) is 216 Å². The predicted molar refractivity (Wildman–Crippen MR) is 526 cm³/mol. The Morgan fingerprint density at radius 3 is 1.28 bits per heavy atom. The number of methoxy groups -OCH3 is 3. The molecule has 11 rings (SSSR count). The number of esters is 1. The van der Waals surface area contributed by atoms with Gasteiger partial charge in [0.1, 0.15) is 70.5 Å². The number of terminal acetylenes is 2. The van der Waals surface area contributed by atoms with Crippen molar-refractivity contribution in [1.29, 1.82) is 0 Å². The third kappa shape index (κ3) is 28.6. The topological polar surface area (TPSA) is 289 Å². The van der Waals surface area contributed by atoms with Gasteiger partial charge in [-0.3, -0.25) is 18.5 Å². The highest BCUT2D eigenvalue weighted by Gasteiger charge is 2.53. The van der Waals surface area contributed by atoms with Crippen molar-refractivity contribution in [2.75, 3.05) is 32.4 Å². The fourth-order valence-electron chi connectivity index (χ4n) is 12.9. The molecule has 0 spiro atoms. The van der Waals surface area contributed by atoms with Gasteiger partial charge in [0.25, 0.3) is 0 Å². The lowest BCUT2D eigenvalue weighted by Gasteiger charge is -2.40. The minimum absolute atomic E-state index is 0.0210. The van der Waals surface area contributed by atoms with Gasteiger partial charge < -0.3 is 59.3 Å². The highest BCUT2D eigenvalue weighted by molar-refractivity contribution is 9.16. The highest BCUT2D eigenvalue weighted by Crippen LogP contribution is 3.10. The third-order valence-corrected chi connectivity index (χ3v) is 69.8. The fourth-order valence-corrected chi connectivity index (χ4v) is 101. The first-order valence-corrected chi connectivity index (χ1v) is 56.7. The lowest BCUT2D eigenvalue weighted by atomic mass is 9.77. The fraction of sp³-hybridized carbons (Fsp3) is 0.215. The van der Waals surface area contributed by atoms with Gasteiger partial charge in [-0.1, -0.05) is 171 Å². The minimum Gasteiger partial charge on any atom is -0.497 e. The number of nitrogens with zero attached hydrogens (tertiary/aromatic N) is 4. The van der Waals surface area contributed by atoms with E-state index in [0.29, 0.717) is 11.6 Å². The number of ether oxygens (including phenoxy) is 6. The van der Waals surface area contributed by atoms with E-state index >= 15 is 0 Å². The Morgan fingerprint density at radius 2 is 0.889 bits per heavy atom. The lowest BCUT2D eigenvalue weighted by Crippen LogP contribution is -2.43. The Morgan fingerprint density at radius 1 is 0.516 bits per heavy atom. The van der Waals surface area contributed by atoms with Gasteiger partial charge in [-0.15, -0.1) is 66.4 Å². The average molecular weight is 1890 g/mol. The molecule has 0 saturated carbocycles. The molecule has 0 aliphatic carbocycles. The average Bonchev–Trinajstić information content (AvgIpc) is 1.37. The number of hydrogen-bond donors (Lipinski definition) is 6. The van der Waals surface area contributed by atoms with Crippen molar-refractivity contribution in [3.05, 3.63) is 279 Å². The zero-order valence-corrected chi connectivity index (χ0v) is 80.6. The first-order chi connectivity index (χ1) is 60.7. The van der Waals surface area contributed by atoms with Gasteiger partial charge in [-0.25, -0.2) is 14.2 Å². The van der Waals surface area contributed by atoms with Crippen LogP contribution in [0.15, 0.2) is 234 Å². The number of anilines is 2. The van der Waals surface area contributed by atoms with Crippen LogP contribution in [-0.2, 0) is 44.0 Å². The molecular weight excluding hydrogens is 1800 g/mol. The summed E-state index contributed by atoms with van der Waals surface area (Å²) in [4.78, 5) is 46.9. The van der Waals surface area contributed by atoms with Gasteiger partial charge in [-0.05, 0) is 225 Å². The molecule has 7 aromatic carbocycles. The second-order valence-electron chi connectivity index (χ2n) is 26.7. The number of aromatic nitrogens is 4. The van der Waals surface area contributed by atoms with Crippen molar-refractivity contribution >= 4 is 107 Å². The van der Waals surface area contributed by atoms with Gasteiger partial charge in [0.15, 0.2) is 12.5 Å². The van der Waals surface area contributed by atoms with Gasteiger partial charge in [0.05, 0.1) is 39.6 Å². The van der Waals surface area contributed by atoms with E-state index in [1.54, 1.807) is 51.6 Å². The van der Waals surface area contributed by atoms with Crippen molar-refractivity contribution in [3.8, 4) is 149 Å². The molecule has 33 heteroatoms. The van der Waals surface area contributed by atoms with Crippen molar-refractivity contribution in [3.63, 3.8) is 0 Å². The summed E-state index contributed by atoms with van der Waals surface area (Å²) in [6, 6.07) is 66.1. The number of nitrogen functional groups attached to an aromatic ring is 1. The normalized spacial score (nSPS) is 17.4. The molecule has 2 aromatic heterocycles. The van der Waals surface area contributed by atoms with Gasteiger partial charge in [0, 0.05) is 42.0 Å². The summed E-state index contributed by atoms with van der Waals surface area (Å²) < 4.78 is 62.8. The van der Waals surface area contributed by atoms with Gasteiger partial charge in [-0.2, -0.15) is 15.1 Å². The van der Waals surface area contributed by atoms with Crippen molar-refractivity contribution < 1.29 is 62.1 Å². The summed E-state index contributed by atoms with van der Waals surface area (Å²) in [5, 5.41) is 38.3. The molecule has 2 fully saturated rings. The van der Waals surface area contributed by atoms with Crippen LogP contribution in [0.5, 0.6) is 17.2 Å². The Kier molecular flexibility index (Phi) is 41.8. The molecule has 7 unspecified atom stereocenters. The highest BCUT2D eigenvalue weighted by atomic mass is 33.2. The van der Waals surface area contributed by atoms with E-state index in [1.807, 2.05) is 153 Å². The Labute approximate surface area is 754 Å². The van der Waals surface area contributed by atoms with E-state index in [0.717, 1.165) is 43.7 Å². The maximum atomic E-state index is 14.6. The largest absolute Gasteiger partial charge is 0.497 e. The Bertz CT molecular complexity index is 5860. The minimum atomic E-state index is -4.25. The maximum absolute atomic E-state index is 14.6.